The van der Waals surface area contributed by atoms with Crippen LogP contribution in [0.5, 0.6) is 0 Å². The van der Waals surface area contributed by atoms with Crippen molar-refractivity contribution in [2.45, 2.75) is 276 Å². The molecule has 0 aromatic rings. The van der Waals surface area contributed by atoms with E-state index in [0.29, 0.717) is 19.4 Å². The second kappa shape index (κ2) is 50.5. The lowest BCUT2D eigenvalue weighted by Crippen LogP contribution is -2.45. The van der Waals surface area contributed by atoms with Crippen molar-refractivity contribution in [1.29, 1.82) is 0 Å². The normalized spacial score (nSPS) is 13.0. The Hall–Kier alpha value is -2.18. The molecule has 356 valence electrons. The summed E-state index contributed by atoms with van der Waals surface area (Å²) < 4.78 is 5.45. The Morgan fingerprint density at radius 1 is 0.459 bits per heavy atom. The van der Waals surface area contributed by atoms with Gasteiger partial charge in [0.2, 0.25) is 5.91 Å². The average Bonchev–Trinajstić information content (AvgIpc) is 3.26. The number of aliphatic hydroxyl groups excluding tert-OH is 2. The maximum absolute atomic E-state index is 12.4. The number of carbonyl (C=O) groups is 2. The Morgan fingerprint density at radius 2 is 0.852 bits per heavy atom. The molecule has 0 spiro atoms. The van der Waals surface area contributed by atoms with Crippen LogP contribution >= 0.6 is 0 Å². The van der Waals surface area contributed by atoms with Crippen molar-refractivity contribution in [3.63, 3.8) is 0 Å². The molecule has 0 aliphatic carbocycles. The highest BCUT2D eigenvalue weighted by Gasteiger charge is 2.18. The van der Waals surface area contributed by atoms with Gasteiger partial charge in [-0.05, 0) is 83.5 Å². The minimum atomic E-state index is -0.850. The monoisotopic (exact) mass is 856 g/mol. The zero-order valence-electron chi connectivity index (χ0n) is 40.4. The molecule has 0 heterocycles. The van der Waals surface area contributed by atoms with Gasteiger partial charge < -0.3 is 20.3 Å². The summed E-state index contributed by atoms with van der Waals surface area (Å²) in [4.78, 5) is 24.4. The Kier molecular flexibility index (Phi) is 48.7. The largest absolute Gasteiger partial charge is 0.466 e. The van der Waals surface area contributed by atoms with Crippen LogP contribution in [-0.4, -0.2) is 47.4 Å². The third-order valence-electron chi connectivity index (χ3n) is 11.8. The Balaban J connectivity index is 3.48. The molecule has 0 aromatic carbocycles. The van der Waals surface area contributed by atoms with Crippen LogP contribution in [0.1, 0.15) is 264 Å². The molecule has 0 aliphatic rings. The molecule has 0 rings (SSSR count). The van der Waals surface area contributed by atoms with Gasteiger partial charge in [-0.25, -0.2) is 0 Å². The lowest BCUT2D eigenvalue weighted by molar-refractivity contribution is -0.143. The van der Waals surface area contributed by atoms with E-state index in [1.807, 2.05) is 6.08 Å². The van der Waals surface area contributed by atoms with Crippen LogP contribution in [0.3, 0.4) is 0 Å². The van der Waals surface area contributed by atoms with Crippen LogP contribution < -0.4 is 5.32 Å². The first-order chi connectivity index (χ1) is 30.0. The lowest BCUT2D eigenvalue weighted by Gasteiger charge is -2.20. The smallest absolute Gasteiger partial charge is 0.305 e. The van der Waals surface area contributed by atoms with Crippen LogP contribution in [0.4, 0.5) is 0 Å². The predicted molar refractivity (Wildman–Crippen MR) is 264 cm³/mol. The summed E-state index contributed by atoms with van der Waals surface area (Å²) in [6, 6.07) is -0.635. The lowest BCUT2D eigenvalue weighted by atomic mass is 10.0. The molecule has 2 atom stereocenters. The number of esters is 1. The molecule has 6 heteroatoms. The standard InChI is InChI=1S/C55H101NO5/c1-3-5-7-9-11-13-15-24-29-33-37-41-45-49-55(60)61-50-46-42-38-34-30-26-23-21-19-17-18-20-22-25-28-32-36-40-44-48-54(59)56-52(51-57)53(58)47-43-39-35-31-27-16-14-12-10-8-6-4-2/h7,9,13,15,17-18,43,47,52-53,57-58H,3-6,8,10-12,14,16,19-42,44-46,48-51H2,1-2H3,(H,56,59)/b9-7-,15-13-,18-17-,47-43+. The van der Waals surface area contributed by atoms with Crippen molar-refractivity contribution in [2.75, 3.05) is 13.2 Å². The van der Waals surface area contributed by atoms with E-state index in [9.17, 15) is 19.8 Å². The molecule has 0 aliphatic heterocycles. The van der Waals surface area contributed by atoms with Crippen LogP contribution in [0, 0.1) is 0 Å². The number of unbranched alkanes of at least 4 members (excludes halogenated alkanes) is 31. The molecular formula is C55H101NO5. The first kappa shape index (κ1) is 58.8. The zero-order valence-corrected chi connectivity index (χ0v) is 40.4. The molecule has 0 saturated heterocycles. The Labute approximate surface area is 378 Å². The summed E-state index contributed by atoms with van der Waals surface area (Å²) in [6.07, 6.45) is 62.6. The van der Waals surface area contributed by atoms with Crippen molar-refractivity contribution in [1.82, 2.24) is 5.32 Å². The van der Waals surface area contributed by atoms with Gasteiger partial charge in [-0.2, -0.15) is 0 Å². The summed E-state index contributed by atoms with van der Waals surface area (Å²) in [5.41, 5.74) is 0. The van der Waals surface area contributed by atoms with Crippen molar-refractivity contribution in [2.24, 2.45) is 0 Å². The van der Waals surface area contributed by atoms with Gasteiger partial charge in [-0.3, -0.25) is 9.59 Å². The number of allylic oxidation sites excluding steroid dienone is 7. The van der Waals surface area contributed by atoms with Crippen molar-refractivity contribution >= 4 is 11.9 Å². The van der Waals surface area contributed by atoms with Gasteiger partial charge in [0.05, 0.1) is 25.4 Å². The fraction of sp³-hybridized carbons (Fsp3) is 0.818. The molecule has 0 aromatic heterocycles. The number of hydrogen-bond acceptors (Lipinski definition) is 5. The van der Waals surface area contributed by atoms with Gasteiger partial charge in [-0.15, -0.1) is 0 Å². The third-order valence-corrected chi connectivity index (χ3v) is 11.8. The third kappa shape index (κ3) is 47.1. The van der Waals surface area contributed by atoms with Crippen molar-refractivity contribution in [3.05, 3.63) is 48.6 Å². The molecule has 2 unspecified atom stereocenters. The molecule has 0 saturated carbocycles. The number of hydrogen-bond donors (Lipinski definition) is 3. The first-order valence-corrected chi connectivity index (χ1v) is 26.4. The number of nitrogens with one attached hydrogen (secondary N) is 1. The SMILES string of the molecule is CCC/C=C\C/C=C\CCCCCCCC(=O)OCCCCCCCCCC/C=C\CCCCCCCCCC(=O)NC(CO)C(O)/C=C/CCCCCCCCCCCC. The van der Waals surface area contributed by atoms with Gasteiger partial charge in [0.25, 0.3) is 0 Å². The summed E-state index contributed by atoms with van der Waals surface area (Å²) in [5, 5.41) is 23.0. The maximum Gasteiger partial charge on any atom is 0.305 e. The summed E-state index contributed by atoms with van der Waals surface area (Å²) >= 11 is 0. The number of aliphatic hydroxyl groups is 2. The molecule has 0 bridgehead atoms. The summed E-state index contributed by atoms with van der Waals surface area (Å²) in [7, 11) is 0. The molecule has 3 N–H and O–H groups in total. The van der Waals surface area contributed by atoms with Crippen molar-refractivity contribution in [3.8, 4) is 0 Å². The van der Waals surface area contributed by atoms with E-state index in [4.69, 9.17) is 4.74 Å². The molecule has 1 amide bonds. The van der Waals surface area contributed by atoms with Crippen LogP contribution in [0.15, 0.2) is 48.6 Å². The fourth-order valence-electron chi connectivity index (χ4n) is 7.72. The van der Waals surface area contributed by atoms with Crippen LogP contribution in [-0.2, 0) is 14.3 Å². The van der Waals surface area contributed by atoms with E-state index in [1.165, 1.54) is 173 Å². The van der Waals surface area contributed by atoms with Gasteiger partial charge in [0.15, 0.2) is 0 Å². The Morgan fingerprint density at radius 3 is 1.33 bits per heavy atom. The Bertz CT molecular complexity index is 1040. The van der Waals surface area contributed by atoms with E-state index in [2.05, 4.69) is 55.6 Å². The minimum absolute atomic E-state index is 0.0132. The number of carbonyl (C=O) groups excluding carboxylic acids is 2. The molecular weight excluding hydrogens is 755 g/mol. The van der Waals surface area contributed by atoms with Gasteiger partial charge in [0.1, 0.15) is 0 Å². The van der Waals surface area contributed by atoms with E-state index >= 15 is 0 Å². The van der Waals surface area contributed by atoms with E-state index in [1.54, 1.807) is 6.08 Å². The molecule has 0 radical (unpaired) electrons. The van der Waals surface area contributed by atoms with E-state index < -0.39 is 12.1 Å². The first-order valence-electron chi connectivity index (χ1n) is 26.4. The topological polar surface area (TPSA) is 95.9 Å². The van der Waals surface area contributed by atoms with Crippen LogP contribution in [0.2, 0.25) is 0 Å². The molecule has 0 fully saturated rings. The second-order valence-corrected chi connectivity index (χ2v) is 17.8. The average molecular weight is 856 g/mol. The zero-order chi connectivity index (χ0) is 44.4. The highest BCUT2D eigenvalue weighted by Crippen LogP contribution is 2.15. The molecule has 6 nitrogen and oxygen atoms in total. The highest BCUT2D eigenvalue weighted by molar-refractivity contribution is 5.76. The number of amides is 1. The number of rotatable bonds is 48. The van der Waals surface area contributed by atoms with Gasteiger partial charge >= 0.3 is 5.97 Å². The minimum Gasteiger partial charge on any atom is -0.466 e. The van der Waals surface area contributed by atoms with Gasteiger partial charge in [-0.1, -0.05) is 217 Å². The summed E-state index contributed by atoms with van der Waals surface area (Å²) in [6.45, 7) is 4.80. The van der Waals surface area contributed by atoms with E-state index in [0.717, 1.165) is 64.2 Å². The summed E-state index contributed by atoms with van der Waals surface area (Å²) in [5.74, 6) is -0.0931. The quantitative estimate of drug-likeness (QED) is 0.0322. The number of ether oxygens (including phenoxy) is 1. The maximum atomic E-state index is 12.4. The molecule has 61 heavy (non-hydrogen) atoms. The highest BCUT2D eigenvalue weighted by atomic mass is 16.5. The predicted octanol–water partition coefficient (Wildman–Crippen LogP) is 15.8. The van der Waals surface area contributed by atoms with E-state index in [-0.39, 0.29) is 18.5 Å². The van der Waals surface area contributed by atoms with Crippen molar-refractivity contribution < 1.29 is 24.5 Å². The van der Waals surface area contributed by atoms with Crippen LogP contribution in [0.25, 0.3) is 0 Å². The van der Waals surface area contributed by atoms with Gasteiger partial charge in [0, 0.05) is 12.8 Å². The fourth-order valence-corrected chi connectivity index (χ4v) is 7.72. The second-order valence-electron chi connectivity index (χ2n) is 17.8.